The average molecular weight is 259 g/mol. The normalized spacial score (nSPS) is 10.6. The van der Waals surface area contributed by atoms with Gasteiger partial charge < -0.3 is 5.73 Å². The molecule has 0 atom stereocenters. The van der Waals surface area contributed by atoms with Gasteiger partial charge in [-0.1, -0.05) is 23.5 Å². The molecule has 0 fully saturated rings. The van der Waals surface area contributed by atoms with Gasteiger partial charge in [0.15, 0.2) is 5.13 Å². The minimum atomic E-state index is 0.578. The van der Waals surface area contributed by atoms with E-state index in [2.05, 4.69) is 16.0 Å². The minimum Gasteiger partial charge on any atom is -0.375 e. The summed E-state index contributed by atoms with van der Waals surface area (Å²) in [6.07, 6.45) is 1.77. The van der Waals surface area contributed by atoms with E-state index in [4.69, 9.17) is 5.73 Å². The molecule has 0 amide bonds. The highest BCUT2D eigenvalue weighted by Crippen LogP contribution is 2.39. The Morgan fingerprint density at radius 1 is 1.12 bits per heavy atom. The lowest BCUT2D eigenvalue weighted by Crippen LogP contribution is -1.86. The van der Waals surface area contributed by atoms with E-state index >= 15 is 0 Å². The van der Waals surface area contributed by atoms with Crippen molar-refractivity contribution in [3.63, 3.8) is 0 Å². The third-order valence-electron chi connectivity index (χ3n) is 2.30. The molecule has 3 nitrogen and oxygen atoms in total. The zero-order valence-electron chi connectivity index (χ0n) is 8.83. The molecular formula is C12H9N3S2. The Balaban J connectivity index is 2.18. The molecular weight excluding hydrogens is 250 g/mol. The first kappa shape index (κ1) is 10.4. The SMILES string of the molecule is Nc1nc(-c2ccccn2)c(-c2cccs2)s1. The molecule has 3 heterocycles. The van der Waals surface area contributed by atoms with Crippen LogP contribution in [-0.2, 0) is 0 Å². The largest absolute Gasteiger partial charge is 0.375 e. The van der Waals surface area contributed by atoms with Crippen molar-refractivity contribution in [3.05, 3.63) is 41.9 Å². The molecule has 2 N–H and O–H groups in total. The zero-order chi connectivity index (χ0) is 11.7. The molecule has 17 heavy (non-hydrogen) atoms. The van der Waals surface area contributed by atoms with E-state index in [1.807, 2.05) is 29.6 Å². The second kappa shape index (κ2) is 4.27. The number of anilines is 1. The molecule has 0 saturated carbocycles. The van der Waals surface area contributed by atoms with Crippen LogP contribution in [0.2, 0.25) is 0 Å². The van der Waals surface area contributed by atoms with Gasteiger partial charge in [0, 0.05) is 11.1 Å². The maximum atomic E-state index is 5.81. The van der Waals surface area contributed by atoms with Gasteiger partial charge in [0.05, 0.1) is 10.6 Å². The molecule has 0 unspecified atom stereocenters. The van der Waals surface area contributed by atoms with E-state index in [1.165, 1.54) is 16.2 Å². The lowest BCUT2D eigenvalue weighted by atomic mass is 10.2. The zero-order valence-corrected chi connectivity index (χ0v) is 10.5. The summed E-state index contributed by atoms with van der Waals surface area (Å²) in [5.74, 6) is 0. The summed E-state index contributed by atoms with van der Waals surface area (Å²) in [5, 5.41) is 2.63. The highest BCUT2D eigenvalue weighted by Gasteiger charge is 2.14. The van der Waals surface area contributed by atoms with E-state index in [0.29, 0.717) is 5.13 Å². The monoisotopic (exact) mass is 259 g/mol. The van der Waals surface area contributed by atoms with Gasteiger partial charge in [-0.05, 0) is 23.6 Å². The van der Waals surface area contributed by atoms with Crippen LogP contribution in [0.1, 0.15) is 0 Å². The van der Waals surface area contributed by atoms with Crippen molar-refractivity contribution in [1.82, 2.24) is 9.97 Å². The number of pyridine rings is 1. The van der Waals surface area contributed by atoms with Crippen molar-refractivity contribution in [2.45, 2.75) is 0 Å². The summed E-state index contributed by atoms with van der Waals surface area (Å²) in [7, 11) is 0. The van der Waals surface area contributed by atoms with Crippen molar-refractivity contribution in [2.24, 2.45) is 0 Å². The second-order valence-corrected chi connectivity index (χ2v) is 5.40. The molecule has 3 aromatic heterocycles. The van der Waals surface area contributed by atoms with Crippen LogP contribution in [0.25, 0.3) is 21.1 Å². The van der Waals surface area contributed by atoms with Crippen molar-refractivity contribution in [2.75, 3.05) is 5.73 Å². The summed E-state index contributed by atoms with van der Waals surface area (Å²) in [6, 6.07) is 9.90. The van der Waals surface area contributed by atoms with Crippen LogP contribution in [0.5, 0.6) is 0 Å². The summed E-state index contributed by atoms with van der Waals surface area (Å²) in [6.45, 7) is 0. The molecule has 0 bridgehead atoms. The fourth-order valence-electron chi connectivity index (χ4n) is 1.59. The van der Waals surface area contributed by atoms with Crippen molar-refractivity contribution >= 4 is 27.8 Å². The van der Waals surface area contributed by atoms with E-state index in [-0.39, 0.29) is 0 Å². The molecule has 84 valence electrons. The van der Waals surface area contributed by atoms with Crippen LogP contribution >= 0.6 is 22.7 Å². The predicted molar refractivity (Wildman–Crippen MR) is 73.1 cm³/mol. The van der Waals surface area contributed by atoms with Gasteiger partial charge in [-0.2, -0.15) is 0 Å². The van der Waals surface area contributed by atoms with Gasteiger partial charge >= 0.3 is 0 Å². The summed E-state index contributed by atoms with van der Waals surface area (Å²) < 4.78 is 0. The second-order valence-electron chi connectivity index (χ2n) is 3.42. The molecule has 0 radical (unpaired) electrons. The number of nitrogens with zero attached hydrogens (tertiary/aromatic N) is 2. The lowest BCUT2D eigenvalue weighted by molar-refractivity contribution is 1.28. The van der Waals surface area contributed by atoms with Crippen molar-refractivity contribution < 1.29 is 0 Å². The highest BCUT2D eigenvalue weighted by molar-refractivity contribution is 7.23. The number of thiophene rings is 1. The number of nitrogens with two attached hydrogens (primary N) is 1. The number of aromatic nitrogens is 2. The topological polar surface area (TPSA) is 51.8 Å². The van der Waals surface area contributed by atoms with Crippen LogP contribution in [-0.4, -0.2) is 9.97 Å². The van der Waals surface area contributed by atoms with E-state index in [9.17, 15) is 0 Å². The molecule has 0 aliphatic rings. The fraction of sp³-hybridized carbons (Fsp3) is 0. The molecule has 3 rings (SSSR count). The third kappa shape index (κ3) is 1.94. The van der Waals surface area contributed by atoms with Crippen LogP contribution in [0.4, 0.5) is 5.13 Å². The highest BCUT2D eigenvalue weighted by atomic mass is 32.1. The summed E-state index contributed by atoms with van der Waals surface area (Å²) >= 11 is 3.19. The van der Waals surface area contributed by atoms with E-state index in [1.54, 1.807) is 17.5 Å². The third-order valence-corrected chi connectivity index (χ3v) is 4.23. The maximum absolute atomic E-state index is 5.81. The van der Waals surface area contributed by atoms with Gasteiger partial charge in [0.1, 0.15) is 5.69 Å². The molecule has 0 spiro atoms. The van der Waals surface area contributed by atoms with Gasteiger partial charge in [-0.15, -0.1) is 11.3 Å². The number of rotatable bonds is 2. The number of thiazole rings is 1. The van der Waals surface area contributed by atoms with Crippen LogP contribution in [0.15, 0.2) is 41.9 Å². The van der Waals surface area contributed by atoms with E-state index in [0.717, 1.165) is 16.3 Å². The van der Waals surface area contributed by atoms with Crippen LogP contribution < -0.4 is 5.73 Å². The average Bonchev–Trinajstić information content (AvgIpc) is 2.98. The molecule has 0 aromatic carbocycles. The summed E-state index contributed by atoms with van der Waals surface area (Å²) in [4.78, 5) is 11.0. The summed E-state index contributed by atoms with van der Waals surface area (Å²) in [5.41, 5.74) is 7.54. The minimum absolute atomic E-state index is 0.578. The Labute approximate surface area is 107 Å². The predicted octanol–water partition coefficient (Wildman–Crippen LogP) is 3.52. The number of hydrogen-bond donors (Lipinski definition) is 1. The quantitative estimate of drug-likeness (QED) is 0.766. The number of nitrogen functional groups attached to an aromatic ring is 1. The molecule has 5 heteroatoms. The first-order chi connectivity index (χ1) is 8.34. The molecule has 0 aliphatic heterocycles. The van der Waals surface area contributed by atoms with Crippen LogP contribution in [0, 0.1) is 0 Å². The lowest BCUT2D eigenvalue weighted by Gasteiger charge is -1.98. The van der Waals surface area contributed by atoms with E-state index < -0.39 is 0 Å². The Morgan fingerprint density at radius 3 is 2.76 bits per heavy atom. The Morgan fingerprint density at radius 2 is 2.06 bits per heavy atom. The van der Waals surface area contributed by atoms with Crippen molar-refractivity contribution in [1.29, 1.82) is 0 Å². The van der Waals surface area contributed by atoms with Crippen molar-refractivity contribution in [3.8, 4) is 21.1 Å². The first-order valence-electron chi connectivity index (χ1n) is 5.06. The Kier molecular flexibility index (Phi) is 2.62. The van der Waals surface area contributed by atoms with Gasteiger partial charge in [-0.3, -0.25) is 4.98 Å². The standard InChI is InChI=1S/C12H9N3S2/c13-12-15-10(8-4-1-2-6-14-8)11(17-12)9-5-3-7-16-9/h1-7H,(H2,13,15). The molecule has 0 aliphatic carbocycles. The number of hydrogen-bond acceptors (Lipinski definition) is 5. The van der Waals surface area contributed by atoms with Gasteiger partial charge in [-0.25, -0.2) is 4.98 Å². The van der Waals surface area contributed by atoms with Gasteiger partial charge in [0.25, 0.3) is 0 Å². The Hall–Kier alpha value is -1.72. The molecule has 0 saturated heterocycles. The first-order valence-corrected chi connectivity index (χ1v) is 6.76. The van der Waals surface area contributed by atoms with Crippen LogP contribution in [0.3, 0.4) is 0 Å². The smallest absolute Gasteiger partial charge is 0.181 e. The molecule has 3 aromatic rings. The maximum Gasteiger partial charge on any atom is 0.181 e. The fourth-order valence-corrected chi connectivity index (χ4v) is 3.28. The van der Waals surface area contributed by atoms with Gasteiger partial charge in [0.2, 0.25) is 0 Å². The Bertz CT molecular complexity index is 615.